The molecule has 1 aliphatic rings. The van der Waals surface area contributed by atoms with Crippen molar-refractivity contribution in [3.8, 4) is 0 Å². The molecule has 2 nitrogen and oxygen atoms in total. The fourth-order valence-corrected chi connectivity index (χ4v) is 3.89. The molecule has 0 saturated heterocycles. The molecule has 3 heteroatoms. The van der Waals surface area contributed by atoms with Gasteiger partial charge >= 0.3 is 0 Å². The van der Waals surface area contributed by atoms with Gasteiger partial charge in [0.05, 0.1) is 6.54 Å². The molecule has 0 amide bonds. The first-order valence-corrected chi connectivity index (χ1v) is 7.66. The number of hydrogen-bond acceptors (Lipinski definition) is 2. The lowest BCUT2D eigenvalue weighted by Gasteiger charge is -2.21. The molecule has 2 aromatic heterocycles. The predicted molar refractivity (Wildman–Crippen MR) is 77.1 cm³/mol. The second-order valence-electron chi connectivity index (χ2n) is 5.07. The Morgan fingerprint density at radius 1 is 1.44 bits per heavy atom. The molecule has 0 fully saturated rings. The van der Waals surface area contributed by atoms with Gasteiger partial charge in [-0.25, -0.2) is 0 Å². The van der Waals surface area contributed by atoms with Crippen LogP contribution in [0.2, 0.25) is 0 Å². The van der Waals surface area contributed by atoms with Crippen LogP contribution in [0.5, 0.6) is 0 Å². The van der Waals surface area contributed by atoms with Crippen molar-refractivity contribution in [1.82, 2.24) is 4.57 Å². The molecule has 0 aliphatic heterocycles. The zero-order valence-corrected chi connectivity index (χ0v) is 11.7. The summed E-state index contributed by atoms with van der Waals surface area (Å²) in [5.41, 5.74) is 10.5. The summed E-state index contributed by atoms with van der Waals surface area (Å²) in [6.45, 7) is 3.25. The number of fused-ring (bicyclic) bond motifs is 1. The minimum absolute atomic E-state index is 0.254. The fourth-order valence-electron chi connectivity index (χ4n) is 2.92. The number of aromatic nitrogens is 1. The third-order valence-corrected chi connectivity index (χ3v) is 4.92. The van der Waals surface area contributed by atoms with E-state index in [4.69, 9.17) is 5.73 Å². The van der Waals surface area contributed by atoms with Gasteiger partial charge in [-0.3, -0.25) is 0 Å². The second-order valence-corrected chi connectivity index (χ2v) is 6.07. The molecule has 2 heterocycles. The summed E-state index contributed by atoms with van der Waals surface area (Å²) in [5, 5.41) is 2.20. The van der Waals surface area contributed by atoms with Gasteiger partial charge in [0.15, 0.2) is 0 Å². The average Bonchev–Trinajstić information content (AvgIpc) is 2.98. The smallest absolute Gasteiger partial charge is 0.0569 e. The molecule has 3 rings (SSSR count). The van der Waals surface area contributed by atoms with Crippen molar-refractivity contribution >= 4 is 11.3 Å². The lowest BCUT2D eigenvalue weighted by Crippen LogP contribution is -2.18. The Morgan fingerprint density at radius 2 is 2.33 bits per heavy atom. The highest BCUT2D eigenvalue weighted by Gasteiger charge is 2.20. The number of rotatable bonds is 3. The molecule has 0 bridgehead atoms. The maximum atomic E-state index is 6.18. The van der Waals surface area contributed by atoms with Gasteiger partial charge in [0.1, 0.15) is 0 Å². The first-order valence-electron chi connectivity index (χ1n) is 6.78. The molecule has 96 valence electrons. The average molecular weight is 260 g/mol. The van der Waals surface area contributed by atoms with Crippen LogP contribution in [-0.2, 0) is 19.4 Å². The summed E-state index contributed by atoms with van der Waals surface area (Å²) in [5.74, 6) is 0. The molecular formula is C15H20N2S. The normalized spacial score (nSPS) is 18.9. The monoisotopic (exact) mass is 260 g/mol. The van der Waals surface area contributed by atoms with E-state index in [2.05, 4.69) is 35.2 Å². The first kappa shape index (κ1) is 12.0. The maximum absolute atomic E-state index is 6.18. The number of aryl methyl sites for hydroxylation is 1. The van der Waals surface area contributed by atoms with Gasteiger partial charge in [0.25, 0.3) is 0 Å². The highest BCUT2D eigenvalue weighted by molar-refractivity contribution is 7.10. The van der Waals surface area contributed by atoms with E-state index in [1.807, 2.05) is 11.3 Å². The zero-order valence-electron chi connectivity index (χ0n) is 10.9. The van der Waals surface area contributed by atoms with Crippen LogP contribution in [-0.4, -0.2) is 4.57 Å². The third-order valence-electron chi connectivity index (χ3n) is 3.97. The van der Waals surface area contributed by atoms with Crippen molar-refractivity contribution < 1.29 is 0 Å². The van der Waals surface area contributed by atoms with Gasteiger partial charge in [-0.05, 0) is 54.3 Å². The predicted octanol–water partition coefficient (Wildman–Crippen LogP) is 3.50. The van der Waals surface area contributed by atoms with Crippen LogP contribution < -0.4 is 5.73 Å². The van der Waals surface area contributed by atoms with E-state index in [9.17, 15) is 0 Å². The minimum Gasteiger partial charge on any atom is -0.346 e. The van der Waals surface area contributed by atoms with Crippen LogP contribution in [0.1, 0.15) is 47.5 Å². The van der Waals surface area contributed by atoms with Crippen molar-refractivity contribution in [1.29, 1.82) is 0 Å². The molecule has 1 aliphatic carbocycles. The number of nitrogens with two attached hydrogens (primary N) is 1. The van der Waals surface area contributed by atoms with Crippen molar-refractivity contribution in [2.24, 2.45) is 5.73 Å². The Labute approximate surface area is 112 Å². The van der Waals surface area contributed by atoms with Gasteiger partial charge in [-0.15, -0.1) is 11.3 Å². The van der Waals surface area contributed by atoms with Crippen LogP contribution in [0.25, 0.3) is 0 Å². The topological polar surface area (TPSA) is 30.9 Å². The molecule has 0 radical (unpaired) electrons. The van der Waals surface area contributed by atoms with Crippen molar-refractivity contribution in [2.75, 3.05) is 0 Å². The lowest BCUT2D eigenvalue weighted by molar-refractivity contribution is 0.548. The van der Waals surface area contributed by atoms with Gasteiger partial charge < -0.3 is 10.3 Å². The molecule has 0 spiro atoms. The molecule has 0 aromatic carbocycles. The largest absolute Gasteiger partial charge is 0.346 e. The van der Waals surface area contributed by atoms with E-state index in [-0.39, 0.29) is 6.04 Å². The summed E-state index contributed by atoms with van der Waals surface area (Å²) < 4.78 is 2.40. The minimum atomic E-state index is 0.254. The van der Waals surface area contributed by atoms with E-state index < -0.39 is 0 Å². The van der Waals surface area contributed by atoms with E-state index in [0.29, 0.717) is 0 Å². The van der Waals surface area contributed by atoms with Crippen LogP contribution in [0.4, 0.5) is 0 Å². The van der Waals surface area contributed by atoms with Gasteiger partial charge in [-0.1, -0.05) is 6.92 Å². The van der Waals surface area contributed by atoms with Gasteiger partial charge in [0, 0.05) is 22.8 Å². The first-order chi connectivity index (χ1) is 8.79. The zero-order chi connectivity index (χ0) is 12.5. The van der Waals surface area contributed by atoms with Crippen LogP contribution in [0, 0.1) is 0 Å². The van der Waals surface area contributed by atoms with E-state index in [1.165, 1.54) is 34.5 Å². The quantitative estimate of drug-likeness (QED) is 0.899. The number of hydrogen-bond donors (Lipinski definition) is 1. The maximum Gasteiger partial charge on any atom is 0.0569 e. The Morgan fingerprint density at radius 3 is 3.17 bits per heavy atom. The number of thiophene rings is 1. The lowest BCUT2D eigenvalue weighted by atomic mass is 9.94. The van der Waals surface area contributed by atoms with Crippen LogP contribution in [0.3, 0.4) is 0 Å². The van der Waals surface area contributed by atoms with E-state index in [0.717, 1.165) is 19.4 Å². The van der Waals surface area contributed by atoms with E-state index in [1.54, 1.807) is 0 Å². The van der Waals surface area contributed by atoms with Crippen LogP contribution in [0.15, 0.2) is 23.7 Å². The van der Waals surface area contributed by atoms with Gasteiger partial charge in [0.2, 0.25) is 0 Å². The van der Waals surface area contributed by atoms with Crippen molar-refractivity contribution in [3.05, 3.63) is 45.4 Å². The molecule has 1 unspecified atom stereocenters. The Kier molecular flexibility index (Phi) is 3.27. The Bertz CT molecular complexity index is 538. The molecule has 2 aromatic rings. The molecular weight excluding hydrogens is 240 g/mol. The fraction of sp³-hybridized carbons (Fsp3) is 0.467. The SMILES string of the molecule is CCc1ccsc1Cn1ccc2c1CCCC2N. The molecule has 18 heavy (non-hydrogen) atoms. The van der Waals surface area contributed by atoms with E-state index >= 15 is 0 Å². The Hall–Kier alpha value is -1.06. The molecule has 1 atom stereocenters. The highest BCUT2D eigenvalue weighted by atomic mass is 32.1. The molecule has 0 saturated carbocycles. The van der Waals surface area contributed by atoms with Gasteiger partial charge in [-0.2, -0.15) is 0 Å². The van der Waals surface area contributed by atoms with Crippen molar-refractivity contribution in [3.63, 3.8) is 0 Å². The summed E-state index contributed by atoms with van der Waals surface area (Å²) in [4.78, 5) is 1.50. The highest BCUT2D eigenvalue weighted by Crippen LogP contribution is 2.30. The second kappa shape index (κ2) is 4.90. The van der Waals surface area contributed by atoms with Crippen LogP contribution >= 0.6 is 11.3 Å². The summed E-state index contributed by atoms with van der Waals surface area (Å²) in [6.07, 6.45) is 6.89. The third kappa shape index (κ3) is 2.02. The summed E-state index contributed by atoms with van der Waals surface area (Å²) in [6, 6.07) is 4.73. The van der Waals surface area contributed by atoms with Crippen molar-refractivity contribution in [2.45, 2.75) is 45.2 Å². The number of nitrogens with zero attached hydrogens (tertiary/aromatic N) is 1. The Balaban J connectivity index is 1.90. The summed E-state index contributed by atoms with van der Waals surface area (Å²) >= 11 is 1.87. The standard InChI is InChI=1S/C15H20N2S/c1-2-11-7-9-18-15(11)10-17-8-6-12-13(16)4-3-5-14(12)17/h6-9,13H,2-5,10,16H2,1H3. The summed E-state index contributed by atoms with van der Waals surface area (Å²) in [7, 11) is 0. The molecule has 2 N–H and O–H groups in total.